The van der Waals surface area contributed by atoms with E-state index in [0.717, 1.165) is 57.3 Å². The number of aromatic nitrogens is 2. The van der Waals surface area contributed by atoms with Gasteiger partial charge in [0.15, 0.2) is 0 Å². The molecule has 0 saturated carbocycles. The third kappa shape index (κ3) is 8.67. The minimum atomic E-state index is 1.08. The topological polar surface area (TPSA) is 27.2 Å². The molecule has 0 aliphatic heterocycles. The maximum Gasteiger partial charge on any atom is 0.0541 e. The summed E-state index contributed by atoms with van der Waals surface area (Å²) >= 11 is 0. The molecule has 13 rings (SSSR count). The molecule has 2 aromatic heterocycles. The third-order valence-corrected chi connectivity index (χ3v) is 13.7. The van der Waals surface area contributed by atoms with Crippen LogP contribution < -0.4 is 9.80 Å². The van der Waals surface area contributed by atoms with Gasteiger partial charge in [0.2, 0.25) is 0 Å². The number of aromatic amines is 1. The fraction of sp³-hybridized carbons (Fsp3) is 0.0294. The second-order valence-corrected chi connectivity index (χ2v) is 18.3. The second kappa shape index (κ2) is 19.6. The van der Waals surface area contributed by atoms with E-state index in [9.17, 15) is 0 Å². The van der Waals surface area contributed by atoms with Gasteiger partial charge in [-0.2, -0.15) is 0 Å². The van der Waals surface area contributed by atoms with E-state index in [1.165, 1.54) is 60.4 Å². The Labute approximate surface area is 421 Å². The van der Waals surface area contributed by atoms with E-state index in [0.29, 0.717) is 0 Å². The number of allylic oxidation sites excluding steroid dienone is 6. The molecule has 1 aliphatic rings. The lowest BCUT2D eigenvalue weighted by Gasteiger charge is -2.28. The van der Waals surface area contributed by atoms with Crippen molar-refractivity contribution in [1.29, 1.82) is 0 Å². The Morgan fingerprint density at radius 1 is 0.361 bits per heavy atom. The first-order valence-corrected chi connectivity index (χ1v) is 24.7. The minimum Gasteiger partial charge on any atom is -0.355 e. The summed E-state index contributed by atoms with van der Waals surface area (Å²) in [6.45, 7) is 2.11. The van der Waals surface area contributed by atoms with Crippen molar-refractivity contribution in [2.24, 2.45) is 0 Å². The number of hydrogen-bond donors (Lipinski definition) is 1. The summed E-state index contributed by atoms with van der Waals surface area (Å²) in [5.74, 6) is 0. The van der Waals surface area contributed by atoms with Crippen molar-refractivity contribution in [3.05, 3.63) is 285 Å². The van der Waals surface area contributed by atoms with Gasteiger partial charge in [-0.1, -0.05) is 163 Å². The van der Waals surface area contributed by atoms with Crippen molar-refractivity contribution in [2.45, 2.75) is 13.3 Å². The molecule has 0 saturated heterocycles. The van der Waals surface area contributed by atoms with Crippen LogP contribution in [0.1, 0.15) is 13.3 Å². The van der Waals surface area contributed by atoms with Crippen molar-refractivity contribution < 1.29 is 0 Å². The molecular weight excluding hydrogens is 873 g/mol. The molecule has 0 fully saturated rings. The molecule has 72 heavy (non-hydrogen) atoms. The van der Waals surface area contributed by atoms with Gasteiger partial charge in [0.1, 0.15) is 0 Å². The summed E-state index contributed by atoms with van der Waals surface area (Å²) in [6.07, 6.45) is 11.7. The van der Waals surface area contributed by atoms with Crippen LogP contribution in [0, 0.1) is 0 Å². The van der Waals surface area contributed by atoms with Gasteiger partial charge in [-0.05, 0) is 157 Å². The SMILES string of the molecule is CC1=CCC=CC=C1.c1ccc(N(c2ccc(-c3ccc4[nH]c5ccccc5c4c3)cc2)c2ccc(N(c3ccccc3)c3ccc(-c4ccc5c(c4)c4ccccc4n5-c4ccccc4)cc3)cc2)cc1. The van der Waals surface area contributed by atoms with Crippen LogP contribution in [0.5, 0.6) is 0 Å². The molecule has 0 amide bonds. The van der Waals surface area contributed by atoms with E-state index < -0.39 is 0 Å². The summed E-state index contributed by atoms with van der Waals surface area (Å²) in [5, 5.41) is 4.98. The molecule has 0 radical (unpaired) electrons. The smallest absolute Gasteiger partial charge is 0.0541 e. The van der Waals surface area contributed by atoms with Crippen LogP contribution in [0.15, 0.2) is 285 Å². The van der Waals surface area contributed by atoms with E-state index >= 15 is 0 Å². The summed E-state index contributed by atoms with van der Waals surface area (Å²) in [7, 11) is 0. The second-order valence-electron chi connectivity index (χ2n) is 18.3. The molecule has 344 valence electrons. The molecule has 0 unspecified atom stereocenters. The first kappa shape index (κ1) is 43.9. The Morgan fingerprint density at radius 3 is 1.42 bits per heavy atom. The number of hydrogen-bond acceptors (Lipinski definition) is 2. The van der Waals surface area contributed by atoms with Crippen molar-refractivity contribution in [3.63, 3.8) is 0 Å². The van der Waals surface area contributed by atoms with E-state index in [2.05, 4.69) is 305 Å². The zero-order valence-electron chi connectivity index (χ0n) is 40.1. The molecule has 4 nitrogen and oxygen atoms in total. The standard InChI is InChI=1S/C60H42N4.C8H10/c1-4-14-46(15-5-1)62(49-30-24-42(25-31-49)44-28-38-58-55(40-44)53-20-10-12-22-57(53)61-58)51-34-36-52(37-35-51)63(47-16-6-2-7-17-47)50-32-26-43(27-33-50)45-29-39-60-56(41-45)54-21-11-13-23-59(54)64(60)48-18-8-3-9-19-48;1-8-6-4-2-3-5-7-8/h1-41,61H;2-4,6-7H,5H2,1H3. The molecule has 0 spiro atoms. The van der Waals surface area contributed by atoms with Crippen LogP contribution >= 0.6 is 0 Å². The molecule has 2 heterocycles. The summed E-state index contributed by atoms with van der Waals surface area (Å²) in [4.78, 5) is 8.21. The van der Waals surface area contributed by atoms with Gasteiger partial charge in [0.25, 0.3) is 0 Å². The van der Waals surface area contributed by atoms with Gasteiger partial charge in [-0.15, -0.1) is 0 Å². The number of para-hydroxylation sites is 5. The molecule has 1 aliphatic carbocycles. The summed E-state index contributed by atoms with van der Waals surface area (Å²) in [6, 6.07) is 89.4. The van der Waals surface area contributed by atoms with Gasteiger partial charge >= 0.3 is 0 Å². The highest BCUT2D eigenvalue weighted by atomic mass is 15.2. The highest BCUT2D eigenvalue weighted by molar-refractivity contribution is 6.11. The van der Waals surface area contributed by atoms with Gasteiger partial charge < -0.3 is 19.4 Å². The van der Waals surface area contributed by atoms with Gasteiger partial charge in [0.05, 0.1) is 11.0 Å². The Kier molecular flexibility index (Phi) is 11.9. The molecule has 4 heteroatoms. The number of fused-ring (bicyclic) bond motifs is 6. The van der Waals surface area contributed by atoms with E-state index in [1.807, 2.05) is 0 Å². The minimum absolute atomic E-state index is 1.08. The number of nitrogens with zero attached hydrogens (tertiary/aromatic N) is 3. The van der Waals surface area contributed by atoms with Crippen molar-refractivity contribution in [1.82, 2.24) is 9.55 Å². The van der Waals surface area contributed by atoms with E-state index in [-0.39, 0.29) is 0 Å². The first-order chi connectivity index (χ1) is 35.6. The van der Waals surface area contributed by atoms with Crippen molar-refractivity contribution in [2.75, 3.05) is 9.80 Å². The van der Waals surface area contributed by atoms with E-state index in [1.54, 1.807) is 0 Å². The fourth-order valence-corrected chi connectivity index (χ4v) is 10.1. The summed E-state index contributed by atoms with van der Waals surface area (Å²) < 4.78 is 2.36. The number of nitrogens with one attached hydrogen (secondary N) is 1. The van der Waals surface area contributed by atoms with Crippen LogP contribution in [-0.2, 0) is 0 Å². The Balaban J connectivity index is 0.000000607. The largest absolute Gasteiger partial charge is 0.355 e. The zero-order chi connectivity index (χ0) is 48.2. The Morgan fingerprint density at radius 2 is 0.806 bits per heavy atom. The maximum absolute atomic E-state index is 3.56. The fourth-order valence-electron chi connectivity index (χ4n) is 10.1. The quantitative estimate of drug-likeness (QED) is 0.156. The summed E-state index contributed by atoms with van der Waals surface area (Å²) in [5.41, 5.74) is 18.5. The predicted molar refractivity (Wildman–Crippen MR) is 307 cm³/mol. The lowest BCUT2D eigenvalue weighted by molar-refractivity contribution is 1.18. The number of anilines is 6. The predicted octanol–water partition coefficient (Wildman–Crippen LogP) is 19.1. The lowest BCUT2D eigenvalue weighted by Crippen LogP contribution is -2.12. The van der Waals surface area contributed by atoms with Crippen LogP contribution in [0.3, 0.4) is 0 Å². The van der Waals surface area contributed by atoms with Crippen molar-refractivity contribution >= 4 is 77.7 Å². The monoisotopic (exact) mass is 924 g/mol. The highest BCUT2D eigenvalue weighted by Crippen LogP contribution is 2.41. The Hall–Kier alpha value is -9.38. The average molecular weight is 925 g/mol. The van der Waals surface area contributed by atoms with Gasteiger partial charge in [-0.3, -0.25) is 0 Å². The molecule has 10 aromatic carbocycles. The first-order valence-electron chi connectivity index (χ1n) is 24.7. The van der Waals surface area contributed by atoms with Crippen molar-refractivity contribution in [3.8, 4) is 27.9 Å². The maximum atomic E-state index is 3.56. The van der Waals surface area contributed by atoms with Crippen LogP contribution in [0.25, 0.3) is 71.6 Å². The molecule has 0 atom stereocenters. The van der Waals surface area contributed by atoms with Gasteiger partial charge in [0, 0.05) is 72.4 Å². The number of rotatable bonds is 9. The highest BCUT2D eigenvalue weighted by Gasteiger charge is 2.18. The Bertz CT molecular complexity index is 3910. The molecule has 12 aromatic rings. The van der Waals surface area contributed by atoms with E-state index in [4.69, 9.17) is 0 Å². The van der Waals surface area contributed by atoms with Gasteiger partial charge in [-0.25, -0.2) is 0 Å². The zero-order valence-corrected chi connectivity index (χ0v) is 40.1. The average Bonchev–Trinajstić information content (AvgIpc) is 3.88. The number of H-pyrrole nitrogens is 1. The molecule has 1 N–H and O–H groups in total. The third-order valence-electron chi connectivity index (χ3n) is 13.7. The molecule has 0 bridgehead atoms. The lowest BCUT2D eigenvalue weighted by atomic mass is 10.0. The normalized spacial score (nSPS) is 12.2. The molecular formula is C68H52N4. The van der Waals surface area contributed by atoms with Crippen LogP contribution in [0.2, 0.25) is 0 Å². The van der Waals surface area contributed by atoms with Crippen LogP contribution in [-0.4, -0.2) is 9.55 Å². The number of benzene rings is 10. The van der Waals surface area contributed by atoms with Crippen LogP contribution in [0.4, 0.5) is 34.1 Å².